The molecule has 1 N–H and O–H groups in total. The molecule has 0 saturated heterocycles. The number of nitrogens with zero attached hydrogens (tertiary/aromatic N) is 1. The van der Waals surface area contributed by atoms with E-state index in [9.17, 15) is 14.4 Å². The number of imide groups is 1. The van der Waals surface area contributed by atoms with Crippen LogP contribution < -0.4 is 10.2 Å². The zero-order chi connectivity index (χ0) is 24.1. The van der Waals surface area contributed by atoms with Crippen LogP contribution >= 0.6 is 23.4 Å². The van der Waals surface area contributed by atoms with E-state index in [0.717, 1.165) is 35.5 Å². The number of rotatable bonds is 8. The molecule has 1 aliphatic heterocycles. The van der Waals surface area contributed by atoms with Crippen LogP contribution in [0.25, 0.3) is 0 Å². The Hall–Kier alpha value is -2.77. The Labute approximate surface area is 208 Å². The van der Waals surface area contributed by atoms with Crippen LogP contribution in [-0.2, 0) is 14.3 Å². The standard InChI is InChI=1S/C26H27ClN2O4S/c1-2-16-33-26(32)20-10-6-7-11-21(20)29-24(30)22(28-18-8-4-3-5-9-18)23(25(29)31)34-19-14-12-17(27)13-15-19/h6-7,10-15,18,28H,2-5,8-9,16H2,1H3. The van der Waals surface area contributed by atoms with Gasteiger partial charge in [0.15, 0.2) is 0 Å². The summed E-state index contributed by atoms with van der Waals surface area (Å²) in [4.78, 5) is 42.1. The summed E-state index contributed by atoms with van der Waals surface area (Å²) >= 11 is 7.24. The molecule has 2 aliphatic rings. The number of esters is 1. The molecule has 4 rings (SSSR count). The largest absolute Gasteiger partial charge is 0.462 e. The zero-order valence-corrected chi connectivity index (χ0v) is 20.6. The molecule has 2 aromatic rings. The first-order valence-electron chi connectivity index (χ1n) is 11.6. The monoisotopic (exact) mass is 498 g/mol. The lowest BCUT2D eigenvalue weighted by atomic mass is 9.95. The average Bonchev–Trinajstić information content (AvgIpc) is 3.08. The molecule has 1 aliphatic carbocycles. The third kappa shape index (κ3) is 5.31. The van der Waals surface area contributed by atoms with E-state index < -0.39 is 17.8 Å². The Kier molecular flexibility index (Phi) is 7.95. The highest BCUT2D eigenvalue weighted by Crippen LogP contribution is 2.38. The van der Waals surface area contributed by atoms with Crippen LogP contribution in [0.15, 0.2) is 64.0 Å². The quantitative estimate of drug-likeness (QED) is 0.371. The number of hydrogen-bond acceptors (Lipinski definition) is 6. The van der Waals surface area contributed by atoms with Gasteiger partial charge in [-0.1, -0.05) is 61.7 Å². The number of anilines is 1. The van der Waals surface area contributed by atoms with Crippen molar-refractivity contribution in [2.24, 2.45) is 0 Å². The van der Waals surface area contributed by atoms with Gasteiger partial charge in [-0.05, 0) is 55.7 Å². The van der Waals surface area contributed by atoms with E-state index in [-0.39, 0.29) is 29.6 Å². The normalized spacial score (nSPS) is 16.8. The molecule has 6 nitrogen and oxygen atoms in total. The van der Waals surface area contributed by atoms with Crippen LogP contribution in [-0.4, -0.2) is 30.4 Å². The minimum absolute atomic E-state index is 0.131. The molecule has 178 valence electrons. The lowest BCUT2D eigenvalue weighted by molar-refractivity contribution is -0.120. The highest BCUT2D eigenvalue weighted by Gasteiger charge is 2.42. The molecule has 34 heavy (non-hydrogen) atoms. The topological polar surface area (TPSA) is 75.7 Å². The molecule has 0 aromatic heterocycles. The number of thioether (sulfide) groups is 1. The summed E-state index contributed by atoms with van der Waals surface area (Å²) in [5.74, 6) is -1.47. The molecule has 0 spiro atoms. The van der Waals surface area contributed by atoms with E-state index in [2.05, 4.69) is 5.32 Å². The van der Waals surface area contributed by atoms with E-state index in [1.165, 1.54) is 18.2 Å². The number of amides is 2. The first kappa shape index (κ1) is 24.4. The van der Waals surface area contributed by atoms with Crippen molar-refractivity contribution in [3.05, 3.63) is 69.7 Å². The third-order valence-corrected chi connectivity index (χ3v) is 7.17. The third-order valence-electron chi connectivity index (χ3n) is 5.83. The Morgan fingerprint density at radius 1 is 1.06 bits per heavy atom. The summed E-state index contributed by atoms with van der Waals surface area (Å²) in [6, 6.07) is 13.8. The number of carbonyl (C=O) groups excluding carboxylic acids is 3. The predicted molar refractivity (Wildman–Crippen MR) is 134 cm³/mol. The smallest absolute Gasteiger partial charge is 0.340 e. The van der Waals surface area contributed by atoms with E-state index in [1.54, 1.807) is 36.4 Å². The van der Waals surface area contributed by atoms with Gasteiger partial charge in [0.25, 0.3) is 11.8 Å². The summed E-state index contributed by atoms with van der Waals surface area (Å²) in [7, 11) is 0. The van der Waals surface area contributed by atoms with Crippen LogP contribution in [0, 0.1) is 0 Å². The van der Waals surface area contributed by atoms with Gasteiger partial charge in [0.2, 0.25) is 0 Å². The van der Waals surface area contributed by atoms with E-state index in [1.807, 2.05) is 19.1 Å². The number of hydrogen-bond donors (Lipinski definition) is 1. The lowest BCUT2D eigenvalue weighted by Gasteiger charge is -2.24. The van der Waals surface area contributed by atoms with Crippen LogP contribution in [0.1, 0.15) is 55.8 Å². The molecule has 8 heteroatoms. The number of halogens is 1. The molecule has 1 saturated carbocycles. The fraction of sp³-hybridized carbons (Fsp3) is 0.346. The van der Waals surface area contributed by atoms with Gasteiger partial charge in [0.1, 0.15) is 10.6 Å². The van der Waals surface area contributed by atoms with Crippen molar-refractivity contribution in [1.29, 1.82) is 0 Å². The van der Waals surface area contributed by atoms with Crippen molar-refractivity contribution in [1.82, 2.24) is 5.32 Å². The van der Waals surface area contributed by atoms with Crippen molar-refractivity contribution < 1.29 is 19.1 Å². The molecule has 0 radical (unpaired) electrons. The Balaban J connectivity index is 1.69. The first-order valence-corrected chi connectivity index (χ1v) is 12.8. The Bertz CT molecular complexity index is 1110. The van der Waals surface area contributed by atoms with Crippen molar-refractivity contribution in [2.75, 3.05) is 11.5 Å². The number of carbonyl (C=O) groups is 3. The molecule has 0 unspecified atom stereocenters. The first-order chi connectivity index (χ1) is 16.5. The molecule has 0 atom stereocenters. The van der Waals surface area contributed by atoms with Gasteiger partial charge in [-0.3, -0.25) is 9.59 Å². The van der Waals surface area contributed by atoms with Crippen LogP contribution in [0.5, 0.6) is 0 Å². The lowest BCUT2D eigenvalue weighted by Crippen LogP contribution is -2.38. The van der Waals surface area contributed by atoms with E-state index in [0.29, 0.717) is 16.3 Å². The molecule has 2 aromatic carbocycles. The maximum Gasteiger partial charge on any atom is 0.340 e. The molecule has 1 fully saturated rings. The summed E-state index contributed by atoms with van der Waals surface area (Å²) < 4.78 is 5.29. The summed E-state index contributed by atoms with van der Waals surface area (Å²) in [6.07, 6.45) is 5.92. The van der Waals surface area contributed by atoms with Gasteiger partial charge in [-0.2, -0.15) is 0 Å². The average molecular weight is 499 g/mol. The van der Waals surface area contributed by atoms with Gasteiger partial charge >= 0.3 is 5.97 Å². The predicted octanol–water partition coefficient (Wildman–Crippen LogP) is 5.71. The number of nitrogens with one attached hydrogen (secondary N) is 1. The number of ether oxygens (including phenoxy) is 1. The highest BCUT2D eigenvalue weighted by molar-refractivity contribution is 8.04. The van der Waals surface area contributed by atoms with E-state index in [4.69, 9.17) is 16.3 Å². The Morgan fingerprint density at radius 3 is 2.47 bits per heavy atom. The molecular weight excluding hydrogens is 472 g/mol. The van der Waals surface area contributed by atoms with E-state index >= 15 is 0 Å². The fourth-order valence-electron chi connectivity index (χ4n) is 4.14. The van der Waals surface area contributed by atoms with Crippen LogP contribution in [0.3, 0.4) is 0 Å². The van der Waals surface area contributed by atoms with Crippen LogP contribution in [0.4, 0.5) is 5.69 Å². The van der Waals surface area contributed by atoms with Gasteiger partial charge in [0, 0.05) is 16.0 Å². The second-order valence-corrected chi connectivity index (χ2v) is 9.86. The van der Waals surface area contributed by atoms with Crippen molar-refractivity contribution >= 4 is 46.8 Å². The Morgan fingerprint density at radius 2 is 1.76 bits per heavy atom. The van der Waals surface area contributed by atoms with Crippen molar-refractivity contribution in [2.45, 2.75) is 56.4 Å². The van der Waals surface area contributed by atoms with Gasteiger partial charge in [-0.15, -0.1) is 0 Å². The van der Waals surface area contributed by atoms with Gasteiger partial charge in [0.05, 0.1) is 17.9 Å². The summed E-state index contributed by atoms with van der Waals surface area (Å²) in [6.45, 7) is 2.17. The molecular formula is C26H27ClN2O4S. The SMILES string of the molecule is CCCOC(=O)c1ccccc1N1C(=O)C(NC2CCCCC2)=C(Sc2ccc(Cl)cc2)C1=O. The number of para-hydroxylation sites is 1. The maximum atomic E-state index is 13.6. The zero-order valence-electron chi connectivity index (χ0n) is 19.0. The summed E-state index contributed by atoms with van der Waals surface area (Å²) in [5.41, 5.74) is 0.703. The fourth-order valence-corrected chi connectivity index (χ4v) is 5.20. The van der Waals surface area contributed by atoms with Crippen molar-refractivity contribution in [3.8, 4) is 0 Å². The molecule has 1 heterocycles. The second kappa shape index (κ2) is 11.1. The van der Waals surface area contributed by atoms with Crippen molar-refractivity contribution in [3.63, 3.8) is 0 Å². The minimum Gasteiger partial charge on any atom is -0.462 e. The summed E-state index contributed by atoms with van der Waals surface area (Å²) in [5, 5.41) is 3.96. The minimum atomic E-state index is -0.557. The van der Waals surface area contributed by atoms with Crippen LogP contribution in [0.2, 0.25) is 5.02 Å². The second-order valence-electron chi connectivity index (χ2n) is 8.34. The van der Waals surface area contributed by atoms with Gasteiger partial charge < -0.3 is 10.1 Å². The highest BCUT2D eigenvalue weighted by atomic mass is 35.5. The van der Waals surface area contributed by atoms with Gasteiger partial charge in [-0.25, -0.2) is 9.69 Å². The molecule has 0 bridgehead atoms. The number of benzene rings is 2. The maximum absolute atomic E-state index is 13.6. The molecule has 2 amide bonds.